The molecule has 5 nitrogen and oxygen atoms in total. The maximum atomic E-state index is 11.7. The third-order valence-electron chi connectivity index (χ3n) is 2.85. The number of aromatic nitrogens is 1. The summed E-state index contributed by atoms with van der Waals surface area (Å²) >= 11 is 1.25. The Labute approximate surface area is 110 Å². The minimum Gasteiger partial charge on any atom is -0.389 e. The number of aliphatic hydroxyl groups is 1. The molecule has 2 rings (SSSR count). The van der Waals surface area contributed by atoms with Crippen molar-refractivity contribution >= 4 is 17.4 Å². The Hall–Kier alpha value is -0.980. The van der Waals surface area contributed by atoms with Crippen LogP contribution in [0.15, 0.2) is 5.38 Å². The van der Waals surface area contributed by atoms with Crippen LogP contribution in [0.25, 0.3) is 0 Å². The number of carbonyl (C=O) groups excluding carboxylic acids is 1. The Bertz CT molecular complexity index is 404. The minimum atomic E-state index is -0.653. The molecule has 1 heterocycles. The van der Waals surface area contributed by atoms with Crippen LogP contribution in [-0.4, -0.2) is 41.2 Å². The highest BCUT2D eigenvalue weighted by atomic mass is 32.1. The highest BCUT2D eigenvalue weighted by molar-refractivity contribution is 7.03. The molecule has 1 atom stereocenters. The normalized spacial score (nSPS) is 16.6. The second-order valence-corrected chi connectivity index (χ2v) is 5.29. The number of nitrogens with zero attached hydrogens (tertiary/aromatic N) is 1. The number of amides is 1. The average Bonchev–Trinajstić information content (AvgIpc) is 3.07. The second kappa shape index (κ2) is 6.26. The Kier molecular flexibility index (Phi) is 4.68. The molecular weight excluding hydrogens is 252 g/mol. The number of carbonyl (C=O) groups is 1. The smallest absolute Gasteiger partial charge is 0.254 e. The van der Waals surface area contributed by atoms with Crippen molar-refractivity contribution in [1.82, 2.24) is 9.69 Å². The van der Waals surface area contributed by atoms with Gasteiger partial charge >= 0.3 is 0 Å². The first kappa shape index (κ1) is 13.5. The standard InChI is InChI=1S/C12H18N2O3S/c1-8-11(7-18-14-8)12(16)13-4-10(15)6-17-5-9-2-3-9/h7,9-10,15H,2-6H2,1H3,(H,13,16). The quantitative estimate of drug-likeness (QED) is 0.774. The molecule has 2 N–H and O–H groups in total. The highest BCUT2D eigenvalue weighted by Crippen LogP contribution is 2.28. The number of nitrogens with one attached hydrogen (secondary N) is 1. The van der Waals surface area contributed by atoms with Gasteiger partial charge in [0.25, 0.3) is 5.91 Å². The van der Waals surface area contributed by atoms with Gasteiger partial charge in [0.15, 0.2) is 0 Å². The lowest BCUT2D eigenvalue weighted by Crippen LogP contribution is -2.34. The summed E-state index contributed by atoms with van der Waals surface area (Å²) in [6.45, 7) is 3.00. The van der Waals surface area contributed by atoms with Crippen LogP contribution in [0.5, 0.6) is 0 Å². The zero-order valence-electron chi connectivity index (χ0n) is 10.4. The predicted molar refractivity (Wildman–Crippen MR) is 68.7 cm³/mol. The first-order chi connectivity index (χ1) is 8.66. The SMILES string of the molecule is Cc1nscc1C(=O)NCC(O)COCC1CC1. The predicted octanol–water partition coefficient (Wildman–Crippen LogP) is 0.969. The van der Waals surface area contributed by atoms with E-state index in [4.69, 9.17) is 4.74 Å². The molecule has 0 radical (unpaired) electrons. The Morgan fingerprint density at radius 3 is 3.11 bits per heavy atom. The molecule has 0 bridgehead atoms. The zero-order chi connectivity index (χ0) is 13.0. The van der Waals surface area contributed by atoms with Crippen LogP contribution in [0, 0.1) is 12.8 Å². The van der Waals surface area contributed by atoms with Gasteiger partial charge in [0.05, 0.1) is 24.0 Å². The van der Waals surface area contributed by atoms with E-state index >= 15 is 0 Å². The first-order valence-corrected chi connectivity index (χ1v) is 6.95. The van der Waals surface area contributed by atoms with E-state index in [0.717, 1.165) is 12.3 Å². The fraction of sp³-hybridized carbons (Fsp3) is 0.667. The molecule has 0 aromatic carbocycles. The molecule has 1 aromatic rings. The van der Waals surface area contributed by atoms with Gasteiger partial charge in [-0.3, -0.25) is 4.79 Å². The van der Waals surface area contributed by atoms with E-state index in [1.165, 1.54) is 24.4 Å². The molecule has 6 heteroatoms. The number of ether oxygens (including phenoxy) is 1. The lowest BCUT2D eigenvalue weighted by Gasteiger charge is -2.12. The number of hydrogen-bond donors (Lipinski definition) is 2. The van der Waals surface area contributed by atoms with Crippen molar-refractivity contribution in [1.29, 1.82) is 0 Å². The van der Waals surface area contributed by atoms with Gasteiger partial charge in [0, 0.05) is 18.5 Å². The summed E-state index contributed by atoms with van der Waals surface area (Å²) < 4.78 is 9.39. The summed E-state index contributed by atoms with van der Waals surface area (Å²) in [6.07, 6.45) is 1.81. The number of hydrogen-bond acceptors (Lipinski definition) is 5. The van der Waals surface area contributed by atoms with Crippen molar-refractivity contribution in [3.8, 4) is 0 Å². The molecule has 1 aromatic heterocycles. The van der Waals surface area contributed by atoms with Crippen molar-refractivity contribution in [3.05, 3.63) is 16.6 Å². The van der Waals surface area contributed by atoms with Crippen LogP contribution in [0.2, 0.25) is 0 Å². The molecule has 0 spiro atoms. The van der Waals surface area contributed by atoms with Crippen molar-refractivity contribution in [2.24, 2.45) is 5.92 Å². The highest BCUT2D eigenvalue weighted by Gasteiger charge is 2.21. The van der Waals surface area contributed by atoms with E-state index in [0.29, 0.717) is 11.5 Å². The van der Waals surface area contributed by atoms with Gasteiger partial charge in [-0.15, -0.1) is 0 Å². The van der Waals surface area contributed by atoms with E-state index in [9.17, 15) is 9.90 Å². The largest absolute Gasteiger partial charge is 0.389 e. The van der Waals surface area contributed by atoms with Crippen LogP contribution in [0.1, 0.15) is 28.9 Å². The monoisotopic (exact) mass is 270 g/mol. The van der Waals surface area contributed by atoms with Crippen molar-refractivity contribution in [2.75, 3.05) is 19.8 Å². The number of aryl methyl sites for hydroxylation is 1. The van der Waals surface area contributed by atoms with Crippen LogP contribution >= 0.6 is 11.5 Å². The summed E-state index contributed by atoms with van der Waals surface area (Å²) in [5, 5.41) is 14.0. The molecule has 1 unspecified atom stereocenters. The van der Waals surface area contributed by atoms with Gasteiger partial charge in [0.2, 0.25) is 0 Å². The average molecular weight is 270 g/mol. The molecular formula is C12H18N2O3S. The van der Waals surface area contributed by atoms with E-state index in [1.807, 2.05) is 0 Å². The summed E-state index contributed by atoms with van der Waals surface area (Å²) in [5.74, 6) is 0.494. The molecule has 0 saturated heterocycles. The van der Waals surface area contributed by atoms with Gasteiger partial charge < -0.3 is 15.2 Å². The third-order valence-corrected chi connectivity index (χ3v) is 3.57. The second-order valence-electron chi connectivity index (χ2n) is 4.66. The van der Waals surface area contributed by atoms with Gasteiger partial charge in [-0.05, 0) is 37.2 Å². The minimum absolute atomic E-state index is 0.192. The lowest BCUT2D eigenvalue weighted by atomic mass is 10.2. The third kappa shape index (κ3) is 4.04. The maximum Gasteiger partial charge on any atom is 0.254 e. The van der Waals surface area contributed by atoms with Gasteiger partial charge in [-0.2, -0.15) is 4.37 Å². The van der Waals surface area contributed by atoms with E-state index < -0.39 is 6.10 Å². The number of rotatable bonds is 7. The molecule has 0 aliphatic heterocycles. The van der Waals surface area contributed by atoms with Crippen LogP contribution < -0.4 is 5.32 Å². The van der Waals surface area contributed by atoms with Gasteiger partial charge in [-0.25, -0.2) is 0 Å². The van der Waals surface area contributed by atoms with Crippen molar-refractivity contribution in [3.63, 3.8) is 0 Å². The molecule has 1 aliphatic rings. The fourth-order valence-electron chi connectivity index (χ4n) is 1.53. The Morgan fingerprint density at radius 2 is 2.50 bits per heavy atom. The molecule has 1 amide bonds. The van der Waals surface area contributed by atoms with E-state index in [2.05, 4.69) is 9.69 Å². The Morgan fingerprint density at radius 1 is 1.72 bits per heavy atom. The summed E-state index contributed by atoms with van der Waals surface area (Å²) in [4.78, 5) is 11.7. The van der Waals surface area contributed by atoms with Crippen molar-refractivity contribution in [2.45, 2.75) is 25.9 Å². The lowest BCUT2D eigenvalue weighted by molar-refractivity contribution is 0.0320. The van der Waals surface area contributed by atoms with Crippen LogP contribution in [-0.2, 0) is 4.74 Å². The van der Waals surface area contributed by atoms with Crippen LogP contribution in [0.3, 0.4) is 0 Å². The van der Waals surface area contributed by atoms with Crippen molar-refractivity contribution < 1.29 is 14.6 Å². The molecule has 100 valence electrons. The topological polar surface area (TPSA) is 71.5 Å². The molecule has 1 fully saturated rings. The molecule has 1 saturated carbocycles. The zero-order valence-corrected chi connectivity index (χ0v) is 11.2. The maximum absolute atomic E-state index is 11.7. The Balaban J connectivity index is 1.63. The van der Waals surface area contributed by atoms with Gasteiger partial charge in [0.1, 0.15) is 0 Å². The van der Waals surface area contributed by atoms with E-state index in [-0.39, 0.29) is 19.1 Å². The fourth-order valence-corrected chi connectivity index (χ4v) is 2.22. The molecule has 18 heavy (non-hydrogen) atoms. The number of aliphatic hydroxyl groups excluding tert-OH is 1. The summed E-state index contributed by atoms with van der Waals surface area (Å²) in [6, 6.07) is 0. The van der Waals surface area contributed by atoms with Gasteiger partial charge in [-0.1, -0.05) is 0 Å². The summed E-state index contributed by atoms with van der Waals surface area (Å²) in [7, 11) is 0. The van der Waals surface area contributed by atoms with Crippen LogP contribution in [0.4, 0.5) is 0 Å². The van der Waals surface area contributed by atoms with E-state index in [1.54, 1.807) is 12.3 Å². The summed E-state index contributed by atoms with van der Waals surface area (Å²) in [5.41, 5.74) is 1.29. The molecule has 1 aliphatic carbocycles. The first-order valence-electron chi connectivity index (χ1n) is 6.12.